The van der Waals surface area contributed by atoms with Gasteiger partial charge in [-0.1, -0.05) is 0 Å². The summed E-state index contributed by atoms with van der Waals surface area (Å²) in [6, 6.07) is 16.8. The summed E-state index contributed by atoms with van der Waals surface area (Å²) in [6.45, 7) is 4.10. The van der Waals surface area contributed by atoms with Crippen molar-refractivity contribution in [1.82, 2.24) is 15.2 Å². The van der Waals surface area contributed by atoms with Crippen molar-refractivity contribution in [2.24, 2.45) is 0 Å². The minimum absolute atomic E-state index is 0.00718. The number of aromatic nitrogens is 1. The van der Waals surface area contributed by atoms with Crippen LogP contribution in [-0.4, -0.2) is 54.1 Å². The molecule has 4 aromatic rings. The van der Waals surface area contributed by atoms with Gasteiger partial charge in [0.25, 0.3) is 5.91 Å². The van der Waals surface area contributed by atoms with E-state index in [4.69, 9.17) is 9.15 Å². The van der Waals surface area contributed by atoms with Gasteiger partial charge in [0.2, 0.25) is 0 Å². The van der Waals surface area contributed by atoms with Crippen molar-refractivity contribution in [3.05, 3.63) is 89.9 Å². The fraction of sp³-hybridized carbons (Fsp3) is 0.375. The number of nitrogens with one attached hydrogen (secondary N) is 1. The number of alkyl halides is 3. The number of piperidine rings is 2. The molecular weight excluding hydrogens is 545 g/mol. The van der Waals surface area contributed by atoms with Crippen LogP contribution in [0.15, 0.2) is 77.5 Å². The predicted molar refractivity (Wildman–Crippen MR) is 154 cm³/mol. The first-order valence-corrected chi connectivity index (χ1v) is 14.3. The average molecular weight is 579 g/mol. The zero-order valence-electron chi connectivity index (χ0n) is 23.1. The number of nitrogens with zero attached hydrogens (tertiary/aromatic N) is 3. The van der Waals surface area contributed by atoms with E-state index in [0.29, 0.717) is 24.4 Å². The molecule has 0 atom stereocenters. The fourth-order valence-electron chi connectivity index (χ4n) is 5.73. The third-order valence-corrected chi connectivity index (χ3v) is 8.09. The van der Waals surface area contributed by atoms with Gasteiger partial charge in [0.1, 0.15) is 17.4 Å². The van der Waals surface area contributed by atoms with Gasteiger partial charge in [0.05, 0.1) is 5.56 Å². The molecule has 10 heteroatoms. The number of fused-ring (bicyclic) bond motifs is 1. The van der Waals surface area contributed by atoms with Crippen LogP contribution in [0.25, 0.3) is 11.0 Å². The highest BCUT2D eigenvalue weighted by Crippen LogP contribution is 2.32. The number of amides is 1. The van der Waals surface area contributed by atoms with E-state index in [9.17, 15) is 18.0 Å². The summed E-state index contributed by atoms with van der Waals surface area (Å²) in [5.74, 6) is 0.771. The van der Waals surface area contributed by atoms with Crippen molar-refractivity contribution in [1.29, 1.82) is 0 Å². The summed E-state index contributed by atoms with van der Waals surface area (Å²) in [5, 5.41) is 3.93. The minimum Gasteiger partial charge on any atom is -0.490 e. The normalized spacial score (nSPS) is 17.5. The van der Waals surface area contributed by atoms with Crippen molar-refractivity contribution >= 4 is 22.6 Å². The molecule has 2 fully saturated rings. The van der Waals surface area contributed by atoms with Crippen LogP contribution >= 0.6 is 0 Å². The van der Waals surface area contributed by atoms with Gasteiger partial charge in [-0.2, -0.15) is 13.2 Å². The molecule has 2 saturated heterocycles. The third kappa shape index (κ3) is 6.70. The van der Waals surface area contributed by atoms with Gasteiger partial charge in [-0.3, -0.25) is 14.7 Å². The van der Waals surface area contributed by atoms with Crippen LogP contribution in [0.5, 0.6) is 5.75 Å². The molecule has 0 radical (unpaired) electrons. The Labute approximate surface area is 242 Å². The number of furan rings is 1. The molecule has 220 valence electrons. The first-order chi connectivity index (χ1) is 20.3. The Morgan fingerprint density at radius 2 is 1.64 bits per heavy atom. The number of ether oxygens (including phenoxy) is 1. The smallest absolute Gasteiger partial charge is 0.416 e. The number of benzene rings is 2. The quantitative estimate of drug-likeness (QED) is 0.278. The number of halogens is 3. The summed E-state index contributed by atoms with van der Waals surface area (Å²) >= 11 is 0. The second-order valence-corrected chi connectivity index (χ2v) is 11.0. The Morgan fingerprint density at radius 3 is 2.33 bits per heavy atom. The summed E-state index contributed by atoms with van der Waals surface area (Å²) in [5.41, 5.74) is 2.00. The SMILES string of the molecule is O=C(NC1CCN(Cc2ccncc2)CC1)c1cc2cc(OC3CCN(c4ccc(C(F)(F)F)cc4)CC3)ccc2o1. The number of carbonyl (C=O) groups excluding carboxylic acids is 1. The van der Waals surface area contributed by atoms with Gasteiger partial charge in [-0.25, -0.2) is 0 Å². The Bertz CT molecular complexity index is 1490. The molecule has 2 aliphatic rings. The predicted octanol–water partition coefficient (Wildman–Crippen LogP) is 6.29. The maximum Gasteiger partial charge on any atom is 0.416 e. The summed E-state index contributed by atoms with van der Waals surface area (Å²) in [6.07, 6.45) is 2.54. The highest BCUT2D eigenvalue weighted by Gasteiger charge is 2.30. The largest absolute Gasteiger partial charge is 0.490 e. The molecule has 2 aromatic heterocycles. The molecule has 2 aliphatic heterocycles. The van der Waals surface area contributed by atoms with E-state index in [1.165, 1.54) is 17.7 Å². The van der Waals surface area contributed by atoms with E-state index in [1.807, 2.05) is 42.7 Å². The molecule has 42 heavy (non-hydrogen) atoms. The van der Waals surface area contributed by atoms with Crippen molar-refractivity contribution in [2.75, 3.05) is 31.1 Å². The monoisotopic (exact) mass is 578 g/mol. The number of hydrogen-bond acceptors (Lipinski definition) is 6. The molecule has 2 aromatic carbocycles. The van der Waals surface area contributed by atoms with Crippen LogP contribution in [0.4, 0.5) is 18.9 Å². The highest BCUT2D eigenvalue weighted by molar-refractivity contribution is 5.96. The van der Waals surface area contributed by atoms with Crippen LogP contribution in [0.3, 0.4) is 0 Å². The Kier molecular flexibility index (Phi) is 8.06. The molecule has 4 heterocycles. The van der Waals surface area contributed by atoms with Crippen molar-refractivity contribution in [2.45, 2.75) is 50.6 Å². The molecule has 1 N–H and O–H groups in total. The Balaban J connectivity index is 0.989. The van der Waals surface area contributed by atoms with Crippen molar-refractivity contribution < 1.29 is 27.1 Å². The number of anilines is 1. The first-order valence-electron chi connectivity index (χ1n) is 14.3. The van der Waals surface area contributed by atoms with E-state index in [1.54, 1.807) is 6.07 Å². The molecular formula is C32H33F3N4O3. The van der Waals surface area contributed by atoms with Crippen LogP contribution in [0, 0.1) is 0 Å². The number of likely N-dealkylation sites (tertiary alicyclic amines) is 1. The molecule has 0 unspecified atom stereocenters. The van der Waals surface area contributed by atoms with Crippen LogP contribution in [0.1, 0.15) is 47.4 Å². The lowest BCUT2D eigenvalue weighted by molar-refractivity contribution is -0.137. The molecule has 0 aliphatic carbocycles. The van der Waals surface area contributed by atoms with Gasteiger partial charge in [0.15, 0.2) is 5.76 Å². The zero-order chi connectivity index (χ0) is 29.1. The van der Waals surface area contributed by atoms with E-state index in [2.05, 4.69) is 20.1 Å². The maximum absolute atomic E-state index is 13.0. The van der Waals surface area contributed by atoms with Gasteiger partial charge < -0.3 is 19.4 Å². The standard InChI is InChI=1S/C32H33F3N4O3/c33-32(34,35)24-1-3-26(4-2-24)39-17-11-27(12-18-39)41-28-5-6-29-23(19-28)20-30(42-29)31(40)37-25-9-15-38(16-10-25)21-22-7-13-36-14-8-22/h1-8,13-14,19-20,25,27H,9-12,15-18,21H2,(H,37,40). The van der Waals surface area contributed by atoms with Crippen molar-refractivity contribution in [3.8, 4) is 5.75 Å². The number of pyridine rings is 1. The van der Waals surface area contributed by atoms with Gasteiger partial charge in [-0.15, -0.1) is 0 Å². The Morgan fingerprint density at radius 1 is 0.929 bits per heavy atom. The number of hydrogen-bond donors (Lipinski definition) is 1. The fourth-order valence-corrected chi connectivity index (χ4v) is 5.73. The van der Waals surface area contributed by atoms with Gasteiger partial charge in [0, 0.05) is 75.1 Å². The summed E-state index contributed by atoms with van der Waals surface area (Å²) in [7, 11) is 0. The lowest BCUT2D eigenvalue weighted by atomic mass is 10.0. The van der Waals surface area contributed by atoms with Gasteiger partial charge in [-0.05, 0) is 79.1 Å². The second kappa shape index (κ2) is 12.1. The lowest BCUT2D eigenvalue weighted by Crippen LogP contribution is -2.44. The molecule has 0 saturated carbocycles. The lowest BCUT2D eigenvalue weighted by Gasteiger charge is -2.33. The number of rotatable bonds is 7. The van der Waals surface area contributed by atoms with Crippen LogP contribution in [-0.2, 0) is 12.7 Å². The van der Waals surface area contributed by atoms with Crippen LogP contribution < -0.4 is 15.0 Å². The highest BCUT2D eigenvalue weighted by atomic mass is 19.4. The molecule has 1 amide bonds. The summed E-state index contributed by atoms with van der Waals surface area (Å²) in [4.78, 5) is 21.5. The maximum atomic E-state index is 13.0. The first kappa shape index (κ1) is 28.1. The van der Waals surface area contributed by atoms with Gasteiger partial charge >= 0.3 is 6.18 Å². The van der Waals surface area contributed by atoms with E-state index >= 15 is 0 Å². The van der Waals surface area contributed by atoms with E-state index in [0.717, 1.165) is 68.5 Å². The average Bonchev–Trinajstić information content (AvgIpc) is 3.43. The topological polar surface area (TPSA) is 70.8 Å². The van der Waals surface area contributed by atoms with Crippen LogP contribution in [0.2, 0.25) is 0 Å². The second-order valence-electron chi connectivity index (χ2n) is 11.0. The number of carbonyl (C=O) groups is 1. The van der Waals surface area contributed by atoms with E-state index < -0.39 is 11.7 Å². The van der Waals surface area contributed by atoms with E-state index in [-0.39, 0.29) is 23.8 Å². The third-order valence-electron chi connectivity index (χ3n) is 8.09. The molecule has 6 rings (SSSR count). The minimum atomic E-state index is -4.33. The molecule has 0 bridgehead atoms. The molecule has 7 nitrogen and oxygen atoms in total. The van der Waals surface area contributed by atoms with Crippen molar-refractivity contribution in [3.63, 3.8) is 0 Å². The Hall–Kier alpha value is -4.05. The zero-order valence-corrected chi connectivity index (χ0v) is 23.1. The summed E-state index contributed by atoms with van der Waals surface area (Å²) < 4.78 is 50.7. The molecule has 0 spiro atoms.